The second-order valence-electron chi connectivity index (χ2n) is 7.39. The molecule has 0 bridgehead atoms. The molecule has 0 spiro atoms. The van der Waals surface area contributed by atoms with E-state index in [1.54, 1.807) is 12.1 Å². The lowest BCUT2D eigenvalue weighted by molar-refractivity contribution is -0.383. The van der Waals surface area contributed by atoms with E-state index in [1.807, 2.05) is 24.3 Å². The SMILES string of the molecule is NCCCC[C@H](N)C(=O)NCCCNc1c2ccccc2nc2cccc([N+](=O)[O-])c12. The highest BCUT2D eigenvalue weighted by atomic mass is 16.6. The molecule has 1 amide bonds. The number of pyridine rings is 1. The van der Waals surface area contributed by atoms with Gasteiger partial charge in [0, 0.05) is 24.5 Å². The quantitative estimate of drug-likeness (QED) is 0.160. The first kappa shape index (κ1) is 22.4. The van der Waals surface area contributed by atoms with Crippen molar-refractivity contribution in [3.05, 3.63) is 52.6 Å². The number of hydrogen-bond donors (Lipinski definition) is 4. The molecule has 31 heavy (non-hydrogen) atoms. The van der Waals surface area contributed by atoms with Crippen LogP contribution in [0.1, 0.15) is 25.7 Å². The number of aromatic nitrogens is 1. The van der Waals surface area contributed by atoms with Gasteiger partial charge in [-0.3, -0.25) is 14.9 Å². The number of carbonyl (C=O) groups is 1. The molecule has 0 fully saturated rings. The monoisotopic (exact) mass is 424 g/mol. The van der Waals surface area contributed by atoms with Crippen LogP contribution in [0.5, 0.6) is 0 Å². The third-order valence-electron chi connectivity index (χ3n) is 5.14. The zero-order valence-electron chi connectivity index (χ0n) is 17.3. The molecule has 0 aliphatic carbocycles. The van der Waals surface area contributed by atoms with Crippen molar-refractivity contribution in [3.63, 3.8) is 0 Å². The predicted molar refractivity (Wildman–Crippen MR) is 123 cm³/mol. The summed E-state index contributed by atoms with van der Waals surface area (Å²) in [7, 11) is 0. The molecule has 6 N–H and O–H groups in total. The number of unbranched alkanes of at least 4 members (excludes halogenated alkanes) is 1. The van der Waals surface area contributed by atoms with Gasteiger partial charge in [-0.2, -0.15) is 0 Å². The number of amides is 1. The maximum absolute atomic E-state index is 12.1. The number of anilines is 1. The van der Waals surface area contributed by atoms with Crippen LogP contribution in [0.15, 0.2) is 42.5 Å². The van der Waals surface area contributed by atoms with E-state index in [1.165, 1.54) is 6.07 Å². The van der Waals surface area contributed by atoms with Crippen LogP contribution in [0.25, 0.3) is 21.8 Å². The Morgan fingerprint density at radius 1 is 1.06 bits per heavy atom. The van der Waals surface area contributed by atoms with E-state index >= 15 is 0 Å². The van der Waals surface area contributed by atoms with Crippen LogP contribution in [0.3, 0.4) is 0 Å². The van der Waals surface area contributed by atoms with Crippen molar-refractivity contribution in [2.24, 2.45) is 11.5 Å². The smallest absolute Gasteiger partial charge is 0.280 e. The van der Waals surface area contributed by atoms with E-state index in [0.29, 0.717) is 49.1 Å². The Morgan fingerprint density at radius 3 is 2.61 bits per heavy atom. The molecule has 3 rings (SSSR count). The third-order valence-corrected chi connectivity index (χ3v) is 5.14. The molecule has 0 saturated heterocycles. The molecule has 1 atom stereocenters. The molecule has 0 radical (unpaired) electrons. The average molecular weight is 425 g/mol. The molecule has 0 aliphatic rings. The van der Waals surface area contributed by atoms with Gasteiger partial charge >= 0.3 is 0 Å². The highest BCUT2D eigenvalue weighted by molar-refractivity contribution is 6.11. The Bertz CT molecular complexity index is 1070. The molecule has 1 aromatic heterocycles. The van der Waals surface area contributed by atoms with E-state index in [9.17, 15) is 14.9 Å². The zero-order valence-corrected chi connectivity index (χ0v) is 17.3. The number of benzene rings is 2. The minimum atomic E-state index is -0.532. The fraction of sp³-hybridized carbons (Fsp3) is 0.364. The number of nitro benzene ring substituents is 1. The lowest BCUT2D eigenvalue weighted by atomic mass is 10.1. The van der Waals surface area contributed by atoms with Gasteiger partial charge in [-0.05, 0) is 37.9 Å². The van der Waals surface area contributed by atoms with E-state index < -0.39 is 11.0 Å². The molecule has 0 unspecified atom stereocenters. The molecule has 9 heteroatoms. The molecule has 0 saturated carbocycles. The third kappa shape index (κ3) is 5.44. The number of rotatable bonds is 11. The Labute approximate surface area is 180 Å². The van der Waals surface area contributed by atoms with Gasteiger partial charge < -0.3 is 22.1 Å². The summed E-state index contributed by atoms with van der Waals surface area (Å²) in [6.45, 7) is 1.58. The Balaban J connectivity index is 1.69. The number of non-ortho nitro benzene ring substituents is 1. The first-order valence-electron chi connectivity index (χ1n) is 10.5. The van der Waals surface area contributed by atoms with Gasteiger partial charge in [0.05, 0.1) is 27.7 Å². The van der Waals surface area contributed by atoms with E-state index in [-0.39, 0.29) is 11.6 Å². The van der Waals surface area contributed by atoms with E-state index in [4.69, 9.17) is 11.5 Å². The van der Waals surface area contributed by atoms with Crippen molar-refractivity contribution < 1.29 is 9.72 Å². The summed E-state index contributed by atoms with van der Waals surface area (Å²) < 4.78 is 0. The Hall–Kier alpha value is -3.30. The van der Waals surface area contributed by atoms with Crippen LogP contribution < -0.4 is 22.1 Å². The molecular formula is C22H28N6O3. The van der Waals surface area contributed by atoms with E-state index in [2.05, 4.69) is 15.6 Å². The number of nitrogens with zero attached hydrogens (tertiary/aromatic N) is 2. The molecule has 164 valence electrons. The summed E-state index contributed by atoms with van der Waals surface area (Å²) in [5.41, 5.74) is 13.4. The van der Waals surface area contributed by atoms with Crippen molar-refractivity contribution >= 4 is 39.1 Å². The fourth-order valence-electron chi connectivity index (χ4n) is 3.54. The number of nitro groups is 1. The summed E-state index contributed by atoms with van der Waals surface area (Å²) in [6.07, 6.45) is 2.93. The van der Waals surface area contributed by atoms with Gasteiger partial charge in [-0.25, -0.2) is 4.98 Å². The van der Waals surface area contributed by atoms with Crippen LogP contribution in [-0.4, -0.2) is 41.5 Å². The van der Waals surface area contributed by atoms with Gasteiger partial charge in [-0.1, -0.05) is 30.7 Å². The van der Waals surface area contributed by atoms with Gasteiger partial charge in [0.25, 0.3) is 5.69 Å². The summed E-state index contributed by atoms with van der Waals surface area (Å²) in [5.74, 6) is -0.174. The molecule has 1 heterocycles. The minimum absolute atomic E-state index is 0.00927. The van der Waals surface area contributed by atoms with Gasteiger partial charge in [0.1, 0.15) is 5.39 Å². The molecule has 2 aromatic carbocycles. The fourth-order valence-corrected chi connectivity index (χ4v) is 3.54. The first-order chi connectivity index (χ1) is 15.0. The maximum Gasteiger partial charge on any atom is 0.280 e. The molecule has 3 aromatic rings. The van der Waals surface area contributed by atoms with Crippen molar-refractivity contribution in [1.82, 2.24) is 10.3 Å². The van der Waals surface area contributed by atoms with Crippen LogP contribution >= 0.6 is 0 Å². The van der Waals surface area contributed by atoms with Crippen molar-refractivity contribution in [3.8, 4) is 0 Å². The highest BCUT2D eigenvalue weighted by Crippen LogP contribution is 2.36. The van der Waals surface area contributed by atoms with Crippen LogP contribution in [0, 0.1) is 10.1 Å². The minimum Gasteiger partial charge on any atom is -0.384 e. The zero-order chi connectivity index (χ0) is 22.2. The van der Waals surface area contributed by atoms with Crippen molar-refractivity contribution in [2.75, 3.05) is 25.0 Å². The van der Waals surface area contributed by atoms with Crippen LogP contribution in [0.4, 0.5) is 11.4 Å². The number of para-hydroxylation sites is 1. The summed E-state index contributed by atoms with van der Waals surface area (Å²) in [6, 6.07) is 11.9. The topological polar surface area (TPSA) is 149 Å². The average Bonchev–Trinajstić information content (AvgIpc) is 2.77. The van der Waals surface area contributed by atoms with Gasteiger partial charge in [-0.15, -0.1) is 0 Å². The standard InChI is InChI=1S/C22H28N6O3/c23-12-4-3-8-16(24)22(29)26-14-6-13-25-21-15-7-1-2-9-17(15)27-18-10-5-11-19(20(18)21)28(30)31/h1-2,5,7,9-11,16H,3-4,6,8,12-14,23-24H2,(H,25,27)(H,26,29)/t16-/m0/s1. The van der Waals surface area contributed by atoms with Crippen molar-refractivity contribution in [1.29, 1.82) is 0 Å². The second kappa shape index (κ2) is 10.6. The summed E-state index contributed by atoms with van der Waals surface area (Å²) in [5, 5.41) is 19.1. The van der Waals surface area contributed by atoms with Gasteiger partial charge in [0.2, 0.25) is 5.91 Å². The lowest BCUT2D eigenvalue weighted by Crippen LogP contribution is -2.41. The molecule has 0 aliphatic heterocycles. The molecular weight excluding hydrogens is 396 g/mol. The highest BCUT2D eigenvalue weighted by Gasteiger charge is 2.19. The Kier molecular flexibility index (Phi) is 7.69. The summed E-state index contributed by atoms with van der Waals surface area (Å²) >= 11 is 0. The lowest BCUT2D eigenvalue weighted by Gasteiger charge is -2.14. The maximum atomic E-state index is 12.1. The van der Waals surface area contributed by atoms with E-state index in [0.717, 1.165) is 23.7 Å². The largest absolute Gasteiger partial charge is 0.384 e. The second-order valence-corrected chi connectivity index (χ2v) is 7.39. The first-order valence-corrected chi connectivity index (χ1v) is 10.5. The van der Waals surface area contributed by atoms with Crippen LogP contribution in [-0.2, 0) is 4.79 Å². The van der Waals surface area contributed by atoms with Gasteiger partial charge in [0.15, 0.2) is 0 Å². The number of hydrogen-bond acceptors (Lipinski definition) is 7. The number of nitrogens with two attached hydrogens (primary N) is 2. The number of fused-ring (bicyclic) bond motifs is 2. The normalized spacial score (nSPS) is 12.1. The number of carbonyl (C=O) groups excluding carboxylic acids is 1. The summed E-state index contributed by atoms with van der Waals surface area (Å²) in [4.78, 5) is 27.8. The predicted octanol–water partition coefficient (Wildman–Crippen LogP) is 2.67. The van der Waals surface area contributed by atoms with Crippen LogP contribution in [0.2, 0.25) is 0 Å². The Morgan fingerprint density at radius 2 is 1.84 bits per heavy atom. The number of nitrogens with one attached hydrogen (secondary N) is 2. The molecule has 9 nitrogen and oxygen atoms in total. The van der Waals surface area contributed by atoms with Crippen molar-refractivity contribution in [2.45, 2.75) is 31.7 Å².